The van der Waals surface area contributed by atoms with Crippen molar-refractivity contribution in [3.05, 3.63) is 40.5 Å². The van der Waals surface area contributed by atoms with E-state index >= 15 is 0 Å². The van der Waals surface area contributed by atoms with Crippen molar-refractivity contribution in [2.24, 2.45) is 0 Å². The van der Waals surface area contributed by atoms with Crippen molar-refractivity contribution in [1.82, 2.24) is 14.5 Å². The lowest BCUT2D eigenvalue weighted by Crippen LogP contribution is -2.33. The molecule has 3 rings (SSSR count). The molecule has 3 aromatic rings. The molecular formula is C13H5F5N4S. The predicted molar refractivity (Wildman–Crippen MR) is 71.4 cm³/mol. The lowest BCUT2D eigenvalue weighted by Gasteiger charge is -2.19. The summed E-state index contributed by atoms with van der Waals surface area (Å²) in [6.45, 7) is 0. The van der Waals surface area contributed by atoms with Gasteiger partial charge in [0.05, 0.1) is 11.1 Å². The van der Waals surface area contributed by atoms with E-state index in [-0.39, 0.29) is 22.5 Å². The van der Waals surface area contributed by atoms with E-state index in [2.05, 4.69) is 9.97 Å². The van der Waals surface area contributed by atoms with Gasteiger partial charge in [-0.15, -0.1) is 11.3 Å². The summed E-state index contributed by atoms with van der Waals surface area (Å²) in [5.41, 5.74) is 1.29. The van der Waals surface area contributed by atoms with E-state index in [1.165, 1.54) is 24.5 Å². The molecule has 0 aliphatic rings. The molecule has 0 radical (unpaired) electrons. The number of nitrogens with zero attached hydrogens (tertiary/aromatic N) is 4. The predicted octanol–water partition coefficient (Wildman–Crippen LogP) is 4.01. The van der Waals surface area contributed by atoms with Gasteiger partial charge < -0.3 is 0 Å². The highest BCUT2D eigenvalue weighted by molar-refractivity contribution is 7.10. The molecule has 0 aromatic carbocycles. The van der Waals surface area contributed by atoms with Crippen molar-refractivity contribution in [2.45, 2.75) is 12.1 Å². The van der Waals surface area contributed by atoms with Crippen LogP contribution in [0.25, 0.3) is 16.9 Å². The third-order valence-corrected chi connectivity index (χ3v) is 3.96. The van der Waals surface area contributed by atoms with Gasteiger partial charge in [0.25, 0.3) is 0 Å². The normalized spacial score (nSPS) is 12.5. The van der Waals surface area contributed by atoms with Gasteiger partial charge >= 0.3 is 12.1 Å². The van der Waals surface area contributed by atoms with Crippen molar-refractivity contribution >= 4 is 22.4 Å². The maximum absolute atomic E-state index is 13.6. The average molecular weight is 344 g/mol. The van der Waals surface area contributed by atoms with Crippen molar-refractivity contribution < 1.29 is 22.0 Å². The number of pyridine rings is 1. The Balaban J connectivity index is 2.19. The van der Waals surface area contributed by atoms with Crippen LogP contribution in [0, 0.1) is 11.3 Å². The Labute approximate surface area is 129 Å². The first-order valence-electron chi connectivity index (χ1n) is 6.02. The molecule has 3 aromatic heterocycles. The molecule has 0 aliphatic carbocycles. The zero-order valence-electron chi connectivity index (χ0n) is 11.0. The van der Waals surface area contributed by atoms with Gasteiger partial charge in [0.1, 0.15) is 16.6 Å². The van der Waals surface area contributed by atoms with Crippen molar-refractivity contribution in [2.75, 3.05) is 0 Å². The Kier molecular flexibility index (Phi) is 3.33. The molecule has 0 atom stereocenters. The minimum Gasteiger partial charge on any atom is -0.284 e. The largest absolute Gasteiger partial charge is 0.459 e. The van der Waals surface area contributed by atoms with Gasteiger partial charge in [0.2, 0.25) is 0 Å². The molecule has 0 saturated carbocycles. The average Bonchev–Trinajstić information content (AvgIpc) is 3.11. The summed E-state index contributed by atoms with van der Waals surface area (Å²) in [4.78, 5) is 6.35. The van der Waals surface area contributed by atoms with Crippen LogP contribution in [0.1, 0.15) is 10.4 Å². The minimum absolute atomic E-state index is 0.133. The zero-order chi connectivity index (χ0) is 16.8. The van der Waals surface area contributed by atoms with Gasteiger partial charge in [-0.2, -0.15) is 27.2 Å². The van der Waals surface area contributed by atoms with E-state index in [4.69, 9.17) is 5.26 Å². The fourth-order valence-corrected chi connectivity index (χ4v) is 2.79. The summed E-state index contributed by atoms with van der Waals surface area (Å²) in [6.07, 6.45) is -3.24. The number of halogens is 5. The fourth-order valence-electron chi connectivity index (χ4n) is 2.01. The van der Waals surface area contributed by atoms with E-state index in [0.717, 1.165) is 10.1 Å². The summed E-state index contributed by atoms with van der Waals surface area (Å²) in [6, 6.07) is 4.77. The molecule has 0 bridgehead atoms. The third-order valence-electron chi connectivity index (χ3n) is 3.07. The van der Waals surface area contributed by atoms with Gasteiger partial charge in [-0.05, 0) is 12.1 Å². The first-order valence-corrected chi connectivity index (χ1v) is 6.90. The van der Waals surface area contributed by atoms with Gasteiger partial charge in [0, 0.05) is 17.8 Å². The highest BCUT2D eigenvalue weighted by Crippen LogP contribution is 2.47. The molecule has 3 heterocycles. The SMILES string of the molecule is N#Cc1cnc2c(ccn2-c2ncsc2C(F)(F)C(F)(F)F)c1. The minimum atomic E-state index is -5.72. The summed E-state index contributed by atoms with van der Waals surface area (Å²) >= 11 is 0.216. The Bertz CT molecular complexity index is 918. The number of aromatic nitrogens is 3. The first-order chi connectivity index (χ1) is 10.8. The number of hydrogen-bond acceptors (Lipinski definition) is 4. The Morgan fingerprint density at radius 2 is 1.91 bits per heavy atom. The van der Waals surface area contributed by atoms with E-state index in [0.29, 0.717) is 5.39 Å². The van der Waals surface area contributed by atoms with E-state index in [9.17, 15) is 22.0 Å². The quantitative estimate of drug-likeness (QED) is 0.660. The Morgan fingerprint density at radius 1 is 1.17 bits per heavy atom. The van der Waals surface area contributed by atoms with Crippen LogP contribution >= 0.6 is 11.3 Å². The smallest absolute Gasteiger partial charge is 0.284 e. The van der Waals surface area contributed by atoms with Crippen LogP contribution < -0.4 is 0 Å². The number of hydrogen-bond donors (Lipinski definition) is 0. The number of fused-ring (bicyclic) bond motifs is 1. The van der Waals surface area contributed by atoms with Crippen LogP contribution in [-0.4, -0.2) is 20.7 Å². The number of nitriles is 1. The molecule has 0 aliphatic heterocycles. The highest BCUT2D eigenvalue weighted by Gasteiger charge is 2.61. The Hall–Kier alpha value is -2.54. The molecule has 10 heteroatoms. The summed E-state index contributed by atoms with van der Waals surface area (Å²) in [5.74, 6) is -5.56. The molecule has 0 amide bonds. The lowest BCUT2D eigenvalue weighted by atomic mass is 10.2. The van der Waals surface area contributed by atoms with Gasteiger partial charge in [-0.25, -0.2) is 9.97 Å². The van der Waals surface area contributed by atoms with Crippen LogP contribution in [0.4, 0.5) is 22.0 Å². The standard InChI is InChI=1S/C13H5F5N4S/c14-12(15,13(16,17)18)9-11(21-6-23-9)22-2-1-8-3-7(4-19)5-20-10(8)22/h1-3,5-6H. The van der Waals surface area contributed by atoms with Gasteiger partial charge in [-0.3, -0.25) is 4.57 Å². The van der Waals surface area contributed by atoms with Gasteiger partial charge in [0.15, 0.2) is 5.82 Å². The lowest BCUT2D eigenvalue weighted by molar-refractivity contribution is -0.287. The van der Waals surface area contributed by atoms with E-state index < -0.39 is 22.8 Å². The molecule has 4 nitrogen and oxygen atoms in total. The third kappa shape index (κ3) is 2.33. The molecule has 0 unspecified atom stereocenters. The number of alkyl halides is 5. The monoisotopic (exact) mass is 344 g/mol. The van der Waals surface area contributed by atoms with Crippen LogP contribution in [0.2, 0.25) is 0 Å². The maximum atomic E-state index is 13.6. The molecule has 0 spiro atoms. The summed E-state index contributed by atoms with van der Waals surface area (Å²) in [7, 11) is 0. The molecule has 0 fully saturated rings. The second-order valence-electron chi connectivity index (χ2n) is 4.51. The van der Waals surface area contributed by atoms with Crippen LogP contribution in [0.3, 0.4) is 0 Å². The molecular weight excluding hydrogens is 339 g/mol. The highest BCUT2D eigenvalue weighted by atomic mass is 32.1. The van der Waals surface area contributed by atoms with Crippen LogP contribution in [-0.2, 0) is 5.92 Å². The van der Waals surface area contributed by atoms with Crippen molar-refractivity contribution in [1.29, 1.82) is 5.26 Å². The van der Waals surface area contributed by atoms with Crippen molar-refractivity contribution in [3.63, 3.8) is 0 Å². The van der Waals surface area contributed by atoms with Crippen LogP contribution in [0.5, 0.6) is 0 Å². The number of thiazole rings is 1. The number of rotatable bonds is 2. The molecule has 0 saturated heterocycles. The van der Waals surface area contributed by atoms with Crippen LogP contribution in [0.15, 0.2) is 30.0 Å². The molecule has 0 N–H and O–H groups in total. The van der Waals surface area contributed by atoms with E-state index in [1.807, 2.05) is 6.07 Å². The van der Waals surface area contributed by atoms with Gasteiger partial charge in [-0.1, -0.05) is 0 Å². The Morgan fingerprint density at radius 3 is 2.57 bits per heavy atom. The zero-order valence-corrected chi connectivity index (χ0v) is 11.8. The molecule has 23 heavy (non-hydrogen) atoms. The first kappa shape index (κ1) is 15.4. The fraction of sp³-hybridized carbons (Fsp3) is 0.154. The topological polar surface area (TPSA) is 54.5 Å². The summed E-state index contributed by atoms with van der Waals surface area (Å²) in [5, 5.41) is 9.23. The second-order valence-corrected chi connectivity index (χ2v) is 5.37. The van der Waals surface area contributed by atoms with Crippen molar-refractivity contribution in [3.8, 4) is 11.9 Å². The summed E-state index contributed by atoms with van der Waals surface area (Å²) < 4.78 is 66.1. The maximum Gasteiger partial charge on any atom is 0.459 e. The second kappa shape index (κ2) is 4.99. The van der Waals surface area contributed by atoms with E-state index in [1.54, 1.807) is 0 Å². The molecule has 118 valence electrons.